The predicted molar refractivity (Wildman–Crippen MR) is 106 cm³/mol. The molecule has 0 aromatic heterocycles. The van der Waals surface area contributed by atoms with E-state index in [1.54, 1.807) is 27.7 Å². The first-order valence-corrected chi connectivity index (χ1v) is 9.31. The van der Waals surface area contributed by atoms with Crippen LogP contribution >= 0.6 is 0 Å². The van der Waals surface area contributed by atoms with Crippen LogP contribution in [-0.4, -0.2) is 42.3 Å². The van der Waals surface area contributed by atoms with Crippen LogP contribution in [-0.2, 0) is 9.53 Å². The van der Waals surface area contributed by atoms with E-state index in [1.165, 1.54) is 12.7 Å². The van der Waals surface area contributed by atoms with Gasteiger partial charge in [0.1, 0.15) is 7.85 Å². The van der Waals surface area contributed by atoms with Crippen LogP contribution in [0, 0.1) is 5.92 Å². The molecule has 26 heavy (non-hydrogen) atoms. The van der Waals surface area contributed by atoms with Crippen LogP contribution in [0.4, 0.5) is 0 Å². The lowest BCUT2D eigenvalue weighted by Crippen LogP contribution is -2.44. The molecule has 2 rings (SSSR count). The Morgan fingerprint density at radius 2 is 1.50 bits per heavy atom. The van der Waals surface area contributed by atoms with E-state index in [9.17, 15) is 4.79 Å². The van der Waals surface area contributed by atoms with Gasteiger partial charge < -0.3 is 14.9 Å². The summed E-state index contributed by atoms with van der Waals surface area (Å²) in [6.45, 7) is 6.31. The Morgan fingerprint density at radius 1 is 1.04 bits per heavy atom. The third-order valence-electron chi connectivity index (χ3n) is 5.43. The first-order valence-electron chi connectivity index (χ1n) is 9.31. The summed E-state index contributed by atoms with van der Waals surface area (Å²) in [6.07, 6.45) is 5.12. The van der Waals surface area contributed by atoms with Crippen LogP contribution in [0.15, 0.2) is 24.3 Å². The van der Waals surface area contributed by atoms with E-state index in [4.69, 9.17) is 22.8 Å². The highest BCUT2D eigenvalue weighted by Crippen LogP contribution is 2.36. The topological polar surface area (TPSA) is 66.8 Å². The Kier molecular flexibility index (Phi) is 8.36. The Balaban J connectivity index is 0.000000359. The summed E-state index contributed by atoms with van der Waals surface area (Å²) in [7, 11) is 7.16. The normalized spacial score (nSPS) is 20.7. The van der Waals surface area contributed by atoms with Gasteiger partial charge in [0.05, 0.1) is 18.3 Å². The fraction of sp³-hybridized carbons (Fsp3) is 0.667. The smallest absolute Gasteiger partial charge is 0.305 e. The molecule has 4 nitrogen and oxygen atoms in total. The molecule has 5 heteroatoms. The Hall–Kier alpha value is -1.33. The average molecular weight is 360 g/mol. The SMILES string of the molecule is CC(C)(O)C(C)(C)O.[B]c1ccc(C2CCC(CC(=O)OC)CC2)cc1. The van der Waals surface area contributed by atoms with Gasteiger partial charge in [-0.05, 0) is 70.8 Å². The van der Waals surface area contributed by atoms with E-state index in [0.29, 0.717) is 18.3 Å². The van der Waals surface area contributed by atoms with Gasteiger partial charge in [0.15, 0.2) is 0 Å². The fourth-order valence-corrected chi connectivity index (χ4v) is 2.79. The van der Waals surface area contributed by atoms with Crippen molar-refractivity contribution in [2.75, 3.05) is 7.11 Å². The van der Waals surface area contributed by atoms with E-state index in [2.05, 4.69) is 12.1 Å². The van der Waals surface area contributed by atoms with Gasteiger partial charge in [-0.25, -0.2) is 0 Å². The van der Waals surface area contributed by atoms with E-state index < -0.39 is 11.2 Å². The number of rotatable bonds is 4. The summed E-state index contributed by atoms with van der Waals surface area (Å²) in [4.78, 5) is 11.2. The zero-order valence-corrected chi connectivity index (χ0v) is 16.8. The predicted octanol–water partition coefficient (Wildman–Crippen LogP) is 2.85. The molecule has 1 fully saturated rings. The first kappa shape index (κ1) is 22.7. The third kappa shape index (κ3) is 7.51. The highest BCUT2D eigenvalue weighted by molar-refractivity contribution is 6.32. The summed E-state index contributed by atoms with van der Waals surface area (Å²) in [6, 6.07) is 8.19. The quantitative estimate of drug-likeness (QED) is 0.640. The van der Waals surface area contributed by atoms with Crippen molar-refractivity contribution >= 4 is 19.3 Å². The Morgan fingerprint density at radius 3 is 1.88 bits per heavy atom. The van der Waals surface area contributed by atoms with Gasteiger partial charge in [0, 0.05) is 6.42 Å². The van der Waals surface area contributed by atoms with Crippen LogP contribution in [0.3, 0.4) is 0 Å². The number of methoxy groups -OCH3 is 1. The Labute approximate surface area is 159 Å². The zero-order valence-electron chi connectivity index (χ0n) is 16.8. The van der Waals surface area contributed by atoms with Gasteiger partial charge in [-0.15, -0.1) is 0 Å². The van der Waals surface area contributed by atoms with Gasteiger partial charge in [0.2, 0.25) is 0 Å². The van der Waals surface area contributed by atoms with E-state index in [1.807, 2.05) is 12.1 Å². The maximum Gasteiger partial charge on any atom is 0.305 e. The molecule has 0 bridgehead atoms. The number of ether oxygens (including phenoxy) is 1. The van der Waals surface area contributed by atoms with E-state index >= 15 is 0 Å². The van der Waals surface area contributed by atoms with Crippen LogP contribution in [0.5, 0.6) is 0 Å². The minimum atomic E-state index is -1.01. The first-order chi connectivity index (χ1) is 11.9. The van der Waals surface area contributed by atoms with Crippen LogP contribution in [0.2, 0.25) is 0 Å². The minimum absolute atomic E-state index is 0.0778. The number of hydrogen-bond donors (Lipinski definition) is 2. The maximum absolute atomic E-state index is 11.2. The zero-order chi connectivity index (χ0) is 20.0. The van der Waals surface area contributed by atoms with Gasteiger partial charge in [-0.3, -0.25) is 4.79 Å². The second-order valence-corrected chi connectivity index (χ2v) is 8.28. The molecular weight excluding hydrogens is 327 g/mol. The molecule has 1 saturated carbocycles. The second kappa shape index (κ2) is 9.56. The molecule has 0 saturated heterocycles. The van der Waals surface area contributed by atoms with Gasteiger partial charge in [-0.2, -0.15) is 0 Å². The third-order valence-corrected chi connectivity index (χ3v) is 5.43. The number of aliphatic hydroxyl groups is 2. The number of carbonyl (C=O) groups excluding carboxylic acids is 1. The van der Waals surface area contributed by atoms with Crippen molar-refractivity contribution in [2.45, 2.75) is 76.9 Å². The van der Waals surface area contributed by atoms with Crippen molar-refractivity contribution in [2.24, 2.45) is 5.92 Å². The standard InChI is InChI=1S/C15H19BO2.C6H14O2/c1-18-15(17)10-11-2-4-12(5-3-11)13-6-8-14(16)9-7-13;1-5(2,7)6(3,4)8/h6-9,11-12H,2-5,10H2,1H3;7-8H,1-4H3. The highest BCUT2D eigenvalue weighted by Gasteiger charge is 2.32. The summed E-state index contributed by atoms with van der Waals surface area (Å²) in [5.74, 6) is 1.05. The lowest BCUT2D eigenvalue weighted by molar-refractivity contribution is -0.142. The number of benzene rings is 1. The highest BCUT2D eigenvalue weighted by atomic mass is 16.5. The average Bonchev–Trinajstić information content (AvgIpc) is 2.55. The van der Waals surface area contributed by atoms with E-state index in [-0.39, 0.29) is 5.97 Å². The van der Waals surface area contributed by atoms with Crippen LogP contribution in [0.1, 0.15) is 71.3 Å². The molecular formula is C21H33BO4. The number of esters is 1. The largest absolute Gasteiger partial charge is 0.469 e. The molecule has 2 N–H and O–H groups in total. The summed E-state index contributed by atoms with van der Waals surface area (Å²) < 4.78 is 4.72. The molecule has 0 atom stereocenters. The molecule has 0 spiro atoms. The van der Waals surface area contributed by atoms with Crippen molar-refractivity contribution in [3.8, 4) is 0 Å². The fourth-order valence-electron chi connectivity index (χ4n) is 2.79. The van der Waals surface area contributed by atoms with Gasteiger partial charge in [-0.1, -0.05) is 29.7 Å². The van der Waals surface area contributed by atoms with Crippen LogP contribution < -0.4 is 5.46 Å². The molecule has 0 amide bonds. The minimum Gasteiger partial charge on any atom is -0.469 e. The van der Waals surface area contributed by atoms with Crippen molar-refractivity contribution in [1.82, 2.24) is 0 Å². The molecule has 0 heterocycles. The number of hydrogen-bond acceptors (Lipinski definition) is 4. The molecule has 0 aliphatic heterocycles. The van der Waals surface area contributed by atoms with Crippen molar-refractivity contribution in [3.05, 3.63) is 29.8 Å². The lowest BCUT2D eigenvalue weighted by atomic mass is 9.77. The number of carbonyl (C=O) groups is 1. The maximum atomic E-state index is 11.2. The molecule has 1 aromatic rings. The van der Waals surface area contributed by atoms with Crippen molar-refractivity contribution in [3.63, 3.8) is 0 Å². The summed E-state index contributed by atoms with van der Waals surface area (Å²) in [5.41, 5.74) is 0.179. The summed E-state index contributed by atoms with van der Waals surface area (Å²) >= 11 is 0. The molecule has 2 radical (unpaired) electrons. The van der Waals surface area contributed by atoms with Crippen LogP contribution in [0.25, 0.3) is 0 Å². The monoisotopic (exact) mass is 360 g/mol. The van der Waals surface area contributed by atoms with Gasteiger partial charge >= 0.3 is 5.97 Å². The molecule has 0 unspecified atom stereocenters. The molecule has 1 aliphatic rings. The molecule has 1 aromatic carbocycles. The van der Waals surface area contributed by atoms with E-state index in [0.717, 1.165) is 31.1 Å². The molecule has 144 valence electrons. The summed E-state index contributed by atoms with van der Waals surface area (Å²) in [5, 5.41) is 18.2. The lowest BCUT2D eigenvalue weighted by Gasteiger charge is -2.31. The Bertz CT molecular complexity index is 535. The second-order valence-electron chi connectivity index (χ2n) is 8.28. The van der Waals surface area contributed by atoms with Crippen molar-refractivity contribution < 1.29 is 19.7 Å². The van der Waals surface area contributed by atoms with Gasteiger partial charge in [0.25, 0.3) is 0 Å². The van der Waals surface area contributed by atoms with Crippen molar-refractivity contribution in [1.29, 1.82) is 0 Å². The molecule has 1 aliphatic carbocycles.